The van der Waals surface area contributed by atoms with Crippen molar-refractivity contribution >= 4 is 11.8 Å². The molecule has 126 valence electrons. The highest BCUT2D eigenvalue weighted by molar-refractivity contribution is 6.18. The fourth-order valence-electron chi connectivity index (χ4n) is 5.19. The molecule has 0 N–H and O–H groups in total. The summed E-state index contributed by atoms with van der Waals surface area (Å²) in [4.78, 5) is 26.6. The summed E-state index contributed by atoms with van der Waals surface area (Å²) in [5, 5.41) is 8.72. The summed E-state index contributed by atoms with van der Waals surface area (Å²) >= 11 is 0. The summed E-state index contributed by atoms with van der Waals surface area (Å²) < 4.78 is 1.40. The largest absolute Gasteiger partial charge is 0.272 e. The first-order valence-corrected chi connectivity index (χ1v) is 8.68. The van der Waals surface area contributed by atoms with Crippen LogP contribution >= 0.6 is 0 Å². The fourth-order valence-corrected chi connectivity index (χ4v) is 5.19. The van der Waals surface area contributed by atoms with Gasteiger partial charge in [-0.3, -0.25) is 9.59 Å². The Hall–Kier alpha value is -3.28. The maximum absolute atomic E-state index is 13.3. The lowest BCUT2D eigenvalue weighted by Gasteiger charge is -2.45. The average molecular weight is 342 g/mol. The van der Waals surface area contributed by atoms with Crippen LogP contribution in [0.3, 0.4) is 0 Å². The molecule has 2 heterocycles. The number of rotatable bonds is 1. The topological polar surface area (TPSA) is 68.1 Å². The van der Waals surface area contributed by atoms with Gasteiger partial charge in [0.2, 0.25) is 0 Å². The highest BCUT2D eigenvalue weighted by atomic mass is 16.2. The van der Waals surface area contributed by atoms with Crippen molar-refractivity contribution in [3.63, 3.8) is 0 Å². The normalized spacial score (nSPS) is 28.1. The van der Waals surface area contributed by atoms with Crippen LogP contribution in [0.25, 0.3) is 0 Å². The molecule has 7 rings (SSSR count). The van der Waals surface area contributed by atoms with Crippen molar-refractivity contribution in [3.05, 3.63) is 83.4 Å². The van der Waals surface area contributed by atoms with Crippen molar-refractivity contribution in [2.45, 2.75) is 11.8 Å². The van der Waals surface area contributed by atoms with E-state index in [9.17, 15) is 9.59 Å². The van der Waals surface area contributed by atoms with Crippen LogP contribution in [-0.2, 0) is 9.59 Å². The number of aromatic nitrogens is 3. The Morgan fingerprint density at radius 1 is 0.654 bits per heavy atom. The Labute approximate surface area is 149 Å². The molecule has 0 spiro atoms. The Morgan fingerprint density at radius 3 is 1.42 bits per heavy atom. The molecule has 1 saturated heterocycles. The van der Waals surface area contributed by atoms with Crippen molar-refractivity contribution in [1.29, 1.82) is 0 Å². The Balaban J connectivity index is 1.62. The zero-order valence-electron chi connectivity index (χ0n) is 13.7. The first-order chi connectivity index (χ1) is 12.8. The predicted octanol–water partition coefficient (Wildman–Crippen LogP) is 1.81. The number of hydrogen-bond donors (Lipinski definition) is 0. The van der Waals surface area contributed by atoms with Gasteiger partial charge in [-0.15, -0.1) is 10.2 Å². The molecular weight excluding hydrogens is 328 g/mol. The van der Waals surface area contributed by atoms with E-state index in [2.05, 4.69) is 34.5 Å². The molecule has 0 unspecified atom stereocenters. The third kappa shape index (κ3) is 1.48. The van der Waals surface area contributed by atoms with Crippen LogP contribution in [0.1, 0.15) is 34.1 Å². The molecule has 3 aliphatic carbocycles. The molecule has 6 nitrogen and oxygen atoms in total. The van der Waals surface area contributed by atoms with E-state index >= 15 is 0 Å². The number of benzene rings is 2. The lowest BCUT2D eigenvalue weighted by Crippen LogP contribution is -2.41. The summed E-state index contributed by atoms with van der Waals surface area (Å²) in [6, 6.07) is 16.4. The molecule has 3 aromatic rings. The predicted molar refractivity (Wildman–Crippen MR) is 91.8 cm³/mol. The molecule has 0 saturated carbocycles. The second kappa shape index (κ2) is 4.66. The van der Waals surface area contributed by atoms with E-state index in [1.54, 1.807) is 0 Å². The number of carbonyl (C=O) groups excluding carboxylic acids is 2. The molecule has 2 amide bonds. The Bertz CT molecular complexity index is 959. The van der Waals surface area contributed by atoms with Crippen molar-refractivity contribution in [3.8, 4) is 0 Å². The highest BCUT2D eigenvalue weighted by Gasteiger charge is 2.62. The maximum atomic E-state index is 13.3. The van der Waals surface area contributed by atoms with Gasteiger partial charge in [-0.05, 0) is 22.3 Å². The Kier molecular flexibility index (Phi) is 2.50. The van der Waals surface area contributed by atoms with Crippen LogP contribution < -0.4 is 5.01 Å². The second-order valence-electron chi connectivity index (χ2n) is 7.09. The van der Waals surface area contributed by atoms with Gasteiger partial charge < -0.3 is 0 Å². The highest BCUT2D eigenvalue weighted by Crippen LogP contribution is 2.60. The maximum Gasteiger partial charge on any atom is 0.253 e. The number of carbonyl (C=O) groups is 2. The Morgan fingerprint density at radius 2 is 1.04 bits per heavy atom. The standard InChI is InChI=1S/C20H14N4O2/c25-19-17-15-11-5-1-2-6-12(11)16(14-8-4-3-7-13(14)15)18(17)20(26)24(19)23-9-21-22-10-23/h1-10,15-18H/t15?,16?,17-,18+. The van der Waals surface area contributed by atoms with Crippen LogP contribution in [0.15, 0.2) is 61.2 Å². The number of amides is 2. The number of nitrogens with zero attached hydrogens (tertiary/aromatic N) is 4. The van der Waals surface area contributed by atoms with Crippen LogP contribution in [0.4, 0.5) is 0 Å². The van der Waals surface area contributed by atoms with E-state index < -0.39 is 0 Å². The van der Waals surface area contributed by atoms with Gasteiger partial charge in [-0.25, -0.2) is 4.68 Å². The molecule has 26 heavy (non-hydrogen) atoms. The summed E-state index contributed by atoms with van der Waals surface area (Å²) in [6.07, 6.45) is 2.80. The second-order valence-corrected chi connectivity index (χ2v) is 7.09. The van der Waals surface area contributed by atoms with Crippen LogP contribution in [0, 0.1) is 11.8 Å². The third-order valence-electron chi connectivity index (χ3n) is 6.06. The van der Waals surface area contributed by atoms with Gasteiger partial charge in [0, 0.05) is 11.8 Å². The number of hydrogen-bond acceptors (Lipinski definition) is 4. The molecule has 2 bridgehead atoms. The van der Waals surface area contributed by atoms with Gasteiger partial charge in [-0.1, -0.05) is 48.5 Å². The zero-order valence-corrected chi connectivity index (χ0v) is 13.7. The lowest BCUT2D eigenvalue weighted by molar-refractivity contribution is -0.124. The van der Waals surface area contributed by atoms with E-state index in [0.29, 0.717) is 0 Å². The molecule has 0 radical (unpaired) electrons. The summed E-state index contributed by atoms with van der Waals surface area (Å²) in [5.41, 5.74) is 4.68. The van der Waals surface area contributed by atoms with E-state index in [1.165, 1.54) is 44.6 Å². The van der Waals surface area contributed by atoms with Gasteiger partial charge in [0.25, 0.3) is 11.8 Å². The van der Waals surface area contributed by atoms with Gasteiger partial charge >= 0.3 is 0 Å². The minimum Gasteiger partial charge on any atom is -0.272 e. The monoisotopic (exact) mass is 342 g/mol. The lowest BCUT2D eigenvalue weighted by atomic mass is 9.55. The molecule has 1 aliphatic heterocycles. The molecule has 6 heteroatoms. The van der Waals surface area contributed by atoms with Crippen molar-refractivity contribution in [2.24, 2.45) is 11.8 Å². The van der Waals surface area contributed by atoms with Crippen LogP contribution in [0.2, 0.25) is 0 Å². The average Bonchev–Trinajstić information content (AvgIpc) is 3.29. The van der Waals surface area contributed by atoms with Gasteiger partial charge in [0.05, 0.1) is 11.8 Å². The summed E-state index contributed by atoms with van der Waals surface area (Å²) in [7, 11) is 0. The molecule has 2 aromatic carbocycles. The van der Waals surface area contributed by atoms with Crippen LogP contribution in [-0.4, -0.2) is 26.7 Å². The molecule has 1 aromatic heterocycles. The summed E-state index contributed by atoms with van der Waals surface area (Å²) in [6.45, 7) is 0. The van der Waals surface area contributed by atoms with Crippen molar-refractivity contribution < 1.29 is 9.59 Å². The molecule has 2 atom stereocenters. The van der Waals surface area contributed by atoms with Gasteiger partial charge in [-0.2, -0.15) is 5.01 Å². The zero-order chi connectivity index (χ0) is 17.4. The van der Waals surface area contributed by atoms with E-state index in [4.69, 9.17) is 0 Å². The third-order valence-corrected chi connectivity index (χ3v) is 6.06. The molecule has 1 fully saturated rings. The molecular formula is C20H14N4O2. The minimum atomic E-state index is -0.375. The smallest absolute Gasteiger partial charge is 0.253 e. The van der Waals surface area contributed by atoms with Crippen molar-refractivity contribution in [2.75, 3.05) is 5.01 Å². The quantitative estimate of drug-likeness (QED) is 0.633. The first-order valence-electron chi connectivity index (χ1n) is 8.68. The fraction of sp³-hybridized carbons (Fsp3) is 0.200. The minimum absolute atomic E-state index is 0.0877. The molecule has 4 aliphatic rings. The van der Waals surface area contributed by atoms with E-state index in [0.717, 1.165) is 0 Å². The van der Waals surface area contributed by atoms with Crippen molar-refractivity contribution in [1.82, 2.24) is 14.9 Å². The van der Waals surface area contributed by atoms with E-state index in [-0.39, 0.29) is 35.5 Å². The van der Waals surface area contributed by atoms with Gasteiger partial charge in [0.15, 0.2) is 0 Å². The first kappa shape index (κ1) is 13.9. The van der Waals surface area contributed by atoms with Crippen LogP contribution in [0.5, 0.6) is 0 Å². The SMILES string of the molecule is O=C1[C@@H]2C3c4ccccc4C(c4ccccc43)[C@@H]2C(=O)N1n1cnnc1. The summed E-state index contributed by atoms with van der Waals surface area (Å²) in [5.74, 6) is -1.26. The van der Waals surface area contributed by atoms with E-state index in [1.807, 2.05) is 24.3 Å². The van der Waals surface area contributed by atoms with Gasteiger partial charge in [0.1, 0.15) is 12.7 Å². The number of imide groups is 1.